The molecular formula is C14H22N2O. The molecule has 3 heteroatoms. The number of rotatable bonds is 3. The summed E-state index contributed by atoms with van der Waals surface area (Å²) >= 11 is 0. The van der Waals surface area contributed by atoms with Crippen LogP contribution in [0.2, 0.25) is 0 Å². The van der Waals surface area contributed by atoms with Crippen LogP contribution in [0, 0.1) is 11.8 Å². The smallest absolute Gasteiger partial charge is 0.133 e. The first-order valence-corrected chi connectivity index (χ1v) is 6.50. The van der Waals surface area contributed by atoms with E-state index in [0.717, 1.165) is 24.1 Å². The van der Waals surface area contributed by atoms with Gasteiger partial charge in [0.15, 0.2) is 0 Å². The molecule has 0 aromatic carbocycles. The molecule has 1 aromatic heterocycles. The van der Waals surface area contributed by atoms with E-state index in [9.17, 15) is 0 Å². The molecule has 1 heterocycles. The number of pyridine rings is 1. The minimum atomic E-state index is 0.230. The third-order valence-electron chi connectivity index (χ3n) is 3.56. The first kappa shape index (κ1) is 12.4. The number of nitrogens with one attached hydrogen (secondary N) is 1. The molecule has 94 valence electrons. The van der Waals surface area contributed by atoms with Gasteiger partial charge in [-0.15, -0.1) is 0 Å². The van der Waals surface area contributed by atoms with Gasteiger partial charge >= 0.3 is 0 Å². The lowest BCUT2D eigenvalue weighted by Crippen LogP contribution is -2.36. The van der Waals surface area contributed by atoms with Crippen molar-refractivity contribution in [2.45, 2.75) is 45.7 Å². The zero-order valence-electron chi connectivity index (χ0n) is 10.7. The molecule has 0 saturated heterocycles. The summed E-state index contributed by atoms with van der Waals surface area (Å²) in [6.45, 7) is 5.47. The van der Waals surface area contributed by atoms with Crippen molar-refractivity contribution < 1.29 is 5.11 Å². The van der Waals surface area contributed by atoms with Crippen molar-refractivity contribution in [3.8, 4) is 5.75 Å². The predicted molar refractivity (Wildman–Crippen MR) is 68.7 cm³/mol. The van der Waals surface area contributed by atoms with Gasteiger partial charge in [-0.25, -0.2) is 0 Å². The Morgan fingerprint density at radius 1 is 1.24 bits per heavy atom. The Bertz CT molecular complexity index is 340. The molecule has 2 atom stereocenters. The standard InChI is InChI=1S/C14H22N2O/c1-10-5-11(2)7-13(6-10)15-8-12-3-4-14(17)9-16-12/h3-4,9-11,13,15,17H,5-8H2,1-2H3. The fourth-order valence-corrected chi connectivity index (χ4v) is 2.88. The van der Waals surface area contributed by atoms with Crippen molar-refractivity contribution >= 4 is 0 Å². The van der Waals surface area contributed by atoms with E-state index in [1.807, 2.05) is 6.07 Å². The largest absolute Gasteiger partial charge is 0.506 e. The topological polar surface area (TPSA) is 45.1 Å². The van der Waals surface area contributed by atoms with Crippen molar-refractivity contribution in [2.24, 2.45) is 11.8 Å². The van der Waals surface area contributed by atoms with E-state index in [1.165, 1.54) is 25.5 Å². The molecule has 1 aliphatic rings. The highest BCUT2D eigenvalue weighted by molar-refractivity contribution is 5.17. The Morgan fingerprint density at radius 3 is 2.53 bits per heavy atom. The molecule has 0 aliphatic heterocycles. The molecule has 1 fully saturated rings. The van der Waals surface area contributed by atoms with E-state index < -0.39 is 0 Å². The minimum Gasteiger partial charge on any atom is -0.506 e. The molecule has 0 bridgehead atoms. The normalized spacial score (nSPS) is 29.2. The van der Waals surface area contributed by atoms with Crippen LogP contribution < -0.4 is 5.32 Å². The fourth-order valence-electron chi connectivity index (χ4n) is 2.88. The summed E-state index contributed by atoms with van der Waals surface area (Å²) in [7, 11) is 0. The number of nitrogens with zero attached hydrogens (tertiary/aromatic N) is 1. The zero-order chi connectivity index (χ0) is 12.3. The highest BCUT2D eigenvalue weighted by Gasteiger charge is 2.23. The van der Waals surface area contributed by atoms with Gasteiger partial charge in [0.1, 0.15) is 5.75 Å². The number of hydrogen-bond donors (Lipinski definition) is 2. The van der Waals surface area contributed by atoms with Crippen molar-refractivity contribution in [3.05, 3.63) is 24.0 Å². The van der Waals surface area contributed by atoms with Gasteiger partial charge in [-0.2, -0.15) is 0 Å². The van der Waals surface area contributed by atoms with E-state index in [1.54, 1.807) is 6.07 Å². The van der Waals surface area contributed by atoms with Gasteiger partial charge in [0, 0.05) is 12.6 Å². The quantitative estimate of drug-likeness (QED) is 0.845. The molecular weight excluding hydrogens is 212 g/mol. The molecule has 2 unspecified atom stereocenters. The third kappa shape index (κ3) is 3.70. The van der Waals surface area contributed by atoms with Gasteiger partial charge in [-0.05, 0) is 43.2 Å². The molecule has 2 N–H and O–H groups in total. The van der Waals surface area contributed by atoms with E-state index in [-0.39, 0.29) is 5.75 Å². The lowest BCUT2D eigenvalue weighted by molar-refractivity contribution is 0.237. The molecule has 17 heavy (non-hydrogen) atoms. The van der Waals surface area contributed by atoms with E-state index in [2.05, 4.69) is 24.1 Å². The Kier molecular flexibility index (Phi) is 4.00. The van der Waals surface area contributed by atoms with E-state index in [0.29, 0.717) is 6.04 Å². The molecule has 1 aliphatic carbocycles. The summed E-state index contributed by atoms with van der Waals surface area (Å²) in [5.74, 6) is 1.88. The second-order valence-corrected chi connectivity index (χ2v) is 5.50. The monoisotopic (exact) mass is 234 g/mol. The Morgan fingerprint density at radius 2 is 1.94 bits per heavy atom. The van der Waals surface area contributed by atoms with Gasteiger partial charge in [0.25, 0.3) is 0 Å². The molecule has 2 rings (SSSR count). The van der Waals surface area contributed by atoms with Crippen LogP contribution >= 0.6 is 0 Å². The van der Waals surface area contributed by atoms with Crippen LogP contribution in [0.3, 0.4) is 0 Å². The minimum absolute atomic E-state index is 0.230. The summed E-state index contributed by atoms with van der Waals surface area (Å²) in [5.41, 5.74) is 0.994. The van der Waals surface area contributed by atoms with Gasteiger partial charge in [-0.1, -0.05) is 13.8 Å². The maximum absolute atomic E-state index is 9.16. The zero-order valence-corrected chi connectivity index (χ0v) is 10.7. The summed E-state index contributed by atoms with van der Waals surface area (Å²) in [4.78, 5) is 4.19. The Hall–Kier alpha value is -1.09. The van der Waals surface area contributed by atoms with Crippen LogP contribution in [-0.4, -0.2) is 16.1 Å². The first-order chi connectivity index (χ1) is 8.13. The molecule has 0 spiro atoms. The Balaban J connectivity index is 1.83. The van der Waals surface area contributed by atoms with Crippen molar-refractivity contribution in [2.75, 3.05) is 0 Å². The Labute approximate surface area is 103 Å². The van der Waals surface area contributed by atoms with Crippen molar-refractivity contribution in [3.63, 3.8) is 0 Å². The summed E-state index contributed by atoms with van der Waals surface area (Å²) < 4.78 is 0. The lowest BCUT2D eigenvalue weighted by atomic mass is 9.80. The SMILES string of the molecule is CC1CC(C)CC(NCc2ccc(O)cn2)C1. The van der Waals surface area contributed by atoms with Crippen LogP contribution in [0.25, 0.3) is 0 Å². The van der Waals surface area contributed by atoms with Gasteiger partial charge < -0.3 is 10.4 Å². The highest BCUT2D eigenvalue weighted by atomic mass is 16.3. The summed E-state index contributed by atoms with van der Waals surface area (Å²) in [5, 5.41) is 12.7. The average molecular weight is 234 g/mol. The second kappa shape index (κ2) is 5.50. The van der Waals surface area contributed by atoms with E-state index >= 15 is 0 Å². The maximum atomic E-state index is 9.16. The van der Waals surface area contributed by atoms with Gasteiger partial charge in [-0.3, -0.25) is 4.98 Å². The number of hydrogen-bond acceptors (Lipinski definition) is 3. The summed E-state index contributed by atoms with van der Waals surface area (Å²) in [6, 6.07) is 4.18. The molecule has 0 radical (unpaired) electrons. The predicted octanol–water partition coefficient (Wildman–Crippen LogP) is 2.70. The van der Waals surface area contributed by atoms with Crippen LogP contribution in [0.15, 0.2) is 18.3 Å². The number of aromatic hydroxyl groups is 1. The summed E-state index contributed by atoms with van der Waals surface area (Å²) in [6.07, 6.45) is 5.39. The van der Waals surface area contributed by atoms with Crippen LogP contribution in [0.5, 0.6) is 5.75 Å². The van der Waals surface area contributed by atoms with Crippen LogP contribution in [0.4, 0.5) is 0 Å². The molecule has 1 aromatic rings. The van der Waals surface area contributed by atoms with Crippen LogP contribution in [-0.2, 0) is 6.54 Å². The van der Waals surface area contributed by atoms with Crippen molar-refractivity contribution in [1.29, 1.82) is 0 Å². The molecule has 3 nitrogen and oxygen atoms in total. The van der Waals surface area contributed by atoms with Crippen molar-refractivity contribution in [1.82, 2.24) is 10.3 Å². The fraction of sp³-hybridized carbons (Fsp3) is 0.643. The molecule has 1 saturated carbocycles. The maximum Gasteiger partial charge on any atom is 0.133 e. The lowest BCUT2D eigenvalue weighted by Gasteiger charge is -2.32. The van der Waals surface area contributed by atoms with E-state index in [4.69, 9.17) is 5.11 Å². The average Bonchev–Trinajstić information content (AvgIpc) is 2.27. The molecule has 0 amide bonds. The number of aromatic nitrogens is 1. The van der Waals surface area contributed by atoms with Gasteiger partial charge in [0.2, 0.25) is 0 Å². The highest BCUT2D eigenvalue weighted by Crippen LogP contribution is 2.28. The third-order valence-corrected chi connectivity index (χ3v) is 3.56. The first-order valence-electron chi connectivity index (χ1n) is 6.50. The van der Waals surface area contributed by atoms with Crippen LogP contribution in [0.1, 0.15) is 38.8 Å². The van der Waals surface area contributed by atoms with Gasteiger partial charge in [0.05, 0.1) is 11.9 Å². The second-order valence-electron chi connectivity index (χ2n) is 5.50.